The van der Waals surface area contributed by atoms with Gasteiger partial charge in [-0.2, -0.15) is 0 Å². The van der Waals surface area contributed by atoms with Crippen molar-refractivity contribution in [2.75, 3.05) is 6.61 Å². The summed E-state index contributed by atoms with van der Waals surface area (Å²) in [7, 11) is 0. The molecule has 0 aliphatic heterocycles. The molecule has 88 valence electrons. The Morgan fingerprint density at radius 3 is 2.20 bits per heavy atom. The van der Waals surface area contributed by atoms with Crippen molar-refractivity contribution >= 4 is 12.3 Å². The van der Waals surface area contributed by atoms with Gasteiger partial charge in [-0.3, -0.25) is 4.79 Å². The Bertz CT molecular complexity index is 217. The van der Waals surface area contributed by atoms with E-state index in [2.05, 4.69) is 4.74 Å². The quantitative estimate of drug-likeness (QED) is 0.282. The third-order valence-corrected chi connectivity index (χ3v) is 1.69. The molecule has 0 rings (SSSR count). The number of aldehydes is 1. The van der Waals surface area contributed by atoms with Crippen molar-refractivity contribution in [3.63, 3.8) is 0 Å². The number of ether oxygens (including phenoxy) is 1. The van der Waals surface area contributed by atoms with Gasteiger partial charge in [0.25, 0.3) is 0 Å². The Morgan fingerprint density at radius 2 is 1.80 bits per heavy atom. The van der Waals surface area contributed by atoms with Crippen molar-refractivity contribution in [3.8, 4) is 0 Å². The summed E-state index contributed by atoms with van der Waals surface area (Å²) in [5.74, 6) is -0.660. The summed E-state index contributed by atoms with van der Waals surface area (Å²) in [4.78, 5) is 20.4. The fraction of sp³-hybridized carbons (Fsp3) is 0.750. The van der Waals surface area contributed by atoms with Gasteiger partial charge in [0.05, 0.1) is 0 Å². The molecule has 0 saturated heterocycles. The van der Waals surface area contributed by atoms with Crippen molar-refractivity contribution in [1.29, 1.82) is 0 Å². The molecule has 4 N–H and O–H groups in total. The number of rotatable bonds is 6. The molecule has 0 fully saturated rings. The zero-order chi connectivity index (χ0) is 12.0. The van der Waals surface area contributed by atoms with Crippen molar-refractivity contribution in [2.24, 2.45) is 0 Å². The summed E-state index contributed by atoms with van der Waals surface area (Å²) in [5.41, 5.74) is 0. The lowest BCUT2D eigenvalue weighted by Gasteiger charge is -2.23. The highest BCUT2D eigenvalue weighted by molar-refractivity contribution is 5.65. The molecule has 15 heavy (non-hydrogen) atoms. The number of aliphatic hydroxyl groups is 4. The van der Waals surface area contributed by atoms with Gasteiger partial charge in [-0.05, 0) is 0 Å². The molecular weight excluding hydrogens is 208 g/mol. The number of aliphatic hydroxyl groups excluding tert-OH is 4. The predicted octanol–water partition coefficient (Wildman–Crippen LogP) is -2.81. The first kappa shape index (κ1) is 14.0. The van der Waals surface area contributed by atoms with E-state index in [0.717, 1.165) is 6.92 Å². The Balaban J connectivity index is 4.11. The molecule has 0 aliphatic carbocycles. The number of carbonyl (C=O) groups excluding carboxylic acids is 2. The molecule has 0 radical (unpaired) electrons. The predicted molar refractivity (Wildman–Crippen MR) is 46.7 cm³/mol. The van der Waals surface area contributed by atoms with E-state index in [1.54, 1.807) is 0 Å². The van der Waals surface area contributed by atoms with Crippen LogP contribution in [0.5, 0.6) is 0 Å². The zero-order valence-corrected chi connectivity index (χ0v) is 8.11. The Hall–Kier alpha value is -1.02. The van der Waals surface area contributed by atoms with Crippen molar-refractivity contribution in [2.45, 2.75) is 31.3 Å². The summed E-state index contributed by atoms with van der Waals surface area (Å²) in [5, 5.41) is 36.3. The van der Waals surface area contributed by atoms with E-state index in [1.165, 1.54) is 0 Å². The third-order valence-electron chi connectivity index (χ3n) is 1.69. The van der Waals surface area contributed by atoms with Crippen LogP contribution >= 0.6 is 0 Å². The van der Waals surface area contributed by atoms with Crippen LogP contribution in [0.4, 0.5) is 0 Å². The Labute approximate surface area is 85.9 Å². The number of hydrogen-bond acceptors (Lipinski definition) is 7. The molecule has 0 heterocycles. The van der Waals surface area contributed by atoms with Crippen molar-refractivity contribution in [1.82, 2.24) is 0 Å². The van der Waals surface area contributed by atoms with E-state index in [4.69, 9.17) is 15.3 Å². The van der Waals surface area contributed by atoms with Crippen LogP contribution in [-0.4, -0.2) is 63.7 Å². The molecule has 0 aliphatic rings. The lowest BCUT2D eigenvalue weighted by atomic mass is 10.0. The highest BCUT2D eigenvalue weighted by Crippen LogP contribution is 2.04. The van der Waals surface area contributed by atoms with Gasteiger partial charge < -0.3 is 30.0 Å². The summed E-state index contributed by atoms with van der Waals surface area (Å²) in [6.45, 7) is 0.578. The molecule has 0 aromatic rings. The van der Waals surface area contributed by atoms with Crippen molar-refractivity contribution in [3.05, 3.63) is 0 Å². The molecule has 7 nitrogen and oxygen atoms in total. The minimum Gasteiger partial charge on any atom is -0.463 e. The first-order chi connectivity index (χ1) is 6.90. The number of hydrogen-bond donors (Lipinski definition) is 4. The minimum atomic E-state index is -1.83. The second-order valence-electron chi connectivity index (χ2n) is 2.98. The standard InChI is InChI=1S/C8H14O7/c1-4(10)15-3-6(12)8(14)7(13)5(11)2-9/h2,5-8,11-14H,3H2,1H3/t5-,6-,7-,8+/m1/s1. The van der Waals surface area contributed by atoms with E-state index in [-0.39, 0.29) is 6.29 Å². The highest BCUT2D eigenvalue weighted by Gasteiger charge is 2.30. The summed E-state index contributed by atoms with van der Waals surface area (Å²) >= 11 is 0. The van der Waals surface area contributed by atoms with Crippen LogP contribution in [0.2, 0.25) is 0 Å². The minimum absolute atomic E-state index is 0.0203. The first-order valence-corrected chi connectivity index (χ1v) is 4.21. The maximum absolute atomic E-state index is 10.3. The molecule has 0 aromatic heterocycles. The zero-order valence-electron chi connectivity index (χ0n) is 8.11. The molecule has 0 unspecified atom stereocenters. The first-order valence-electron chi connectivity index (χ1n) is 4.21. The van der Waals surface area contributed by atoms with Crippen LogP contribution in [0, 0.1) is 0 Å². The summed E-state index contributed by atoms with van der Waals surface area (Å²) in [6, 6.07) is 0. The fourth-order valence-electron chi connectivity index (χ4n) is 0.811. The molecule has 7 heteroatoms. The monoisotopic (exact) mass is 222 g/mol. The molecule has 0 spiro atoms. The second kappa shape index (κ2) is 6.46. The topological polar surface area (TPSA) is 124 Å². The molecule has 0 amide bonds. The van der Waals surface area contributed by atoms with Gasteiger partial charge in [0.2, 0.25) is 0 Å². The van der Waals surface area contributed by atoms with Gasteiger partial charge >= 0.3 is 5.97 Å². The molecule has 0 saturated carbocycles. The number of esters is 1. The maximum Gasteiger partial charge on any atom is 0.302 e. The van der Waals surface area contributed by atoms with Crippen LogP contribution in [0.1, 0.15) is 6.92 Å². The van der Waals surface area contributed by atoms with E-state index in [0.29, 0.717) is 0 Å². The van der Waals surface area contributed by atoms with Gasteiger partial charge in [-0.25, -0.2) is 0 Å². The van der Waals surface area contributed by atoms with Gasteiger partial charge in [-0.15, -0.1) is 0 Å². The lowest BCUT2D eigenvalue weighted by Crippen LogP contribution is -2.46. The molecule has 0 bridgehead atoms. The van der Waals surface area contributed by atoms with Gasteiger partial charge in [0, 0.05) is 6.92 Å². The largest absolute Gasteiger partial charge is 0.463 e. The fourth-order valence-corrected chi connectivity index (χ4v) is 0.811. The highest BCUT2D eigenvalue weighted by atomic mass is 16.5. The normalized spacial score (nSPS) is 18.7. The smallest absolute Gasteiger partial charge is 0.302 e. The third kappa shape index (κ3) is 4.84. The van der Waals surface area contributed by atoms with Crippen LogP contribution in [0.25, 0.3) is 0 Å². The number of carbonyl (C=O) groups is 2. The lowest BCUT2D eigenvalue weighted by molar-refractivity contribution is -0.154. The van der Waals surface area contributed by atoms with Crippen LogP contribution in [0.3, 0.4) is 0 Å². The summed E-state index contributed by atoms with van der Waals surface area (Å²) in [6.07, 6.45) is -6.95. The van der Waals surface area contributed by atoms with Crippen LogP contribution in [0.15, 0.2) is 0 Å². The Morgan fingerprint density at radius 1 is 1.27 bits per heavy atom. The van der Waals surface area contributed by atoms with E-state index in [1.807, 2.05) is 0 Å². The molecule has 0 aromatic carbocycles. The molecule has 4 atom stereocenters. The van der Waals surface area contributed by atoms with Crippen molar-refractivity contribution < 1.29 is 34.8 Å². The summed E-state index contributed by atoms with van der Waals surface area (Å²) < 4.78 is 4.36. The SMILES string of the molecule is CC(=O)OC[C@@H](O)[C@H](O)[C@H](O)[C@H](O)C=O. The van der Waals surface area contributed by atoms with E-state index in [9.17, 15) is 14.7 Å². The van der Waals surface area contributed by atoms with Gasteiger partial charge in [-0.1, -0.05) is 0 Å². The molecular formula is C8H14O7. The van der Waals surface area contributed by atoms with Gasteiger partial charge in [0.15, 0.2) is 6.29 Å². The van der Waals surface area contributed by atoms with E-state index < -0.39 is 37.0 Å². The average molecular weight is 222 g/mol. The van der Waals surface area contributed by atoms with Crippen LogP contribution < -0.4 is 0 Å². The maximum atomic E-state index is 10.3. The van der Waals surface area contributed by atoms with E-state index >= 15 is 0 Å². The Kier molecular flexibility index (Phi) is 6.02. The van der Waals surface area contributed by atoms with Gasteiger partial charge in [0.1, 0.15) is 31.0 Å². The average Bonchev–Trinajstić information content (AvgIpc) is 2.22. The second-order valence-corrected chi connectivity index (χ2v) is 2.98. The van der Waals surface area contributed by atoms with Crippen LogP contribution in [-0.2, 0) is 14.3 Å².